The highest BCUT2D eigenvalue weighted by Gasteiger charge is 2.12. The van der Waals surface area contributed by atoms with Gasteiger partial charge in [0.1, 0.15) is 5.82 Å². The van der Waals surface area contributed by atoms with E-state index in [1.807, 2.05) is 12.3 Å². The van der Waals surface area contributed by atoms with Gasteiger partial charge in [0.05, 0.1) is 0 Å². The van der Waals surface area contributed by atoms with E-state index in [-0.39, 0.29) is 11.9 Å². The molecule has 15 heavy (non-hydrogen) atoms. The maximum absolute atomic E-state index is 13.5. The topological polar surface area (TPSA) is 12.0 Å². The van der Waals surface area contributed by atoms with E-state index >= 15 is 0 Å². The Kier molecular flexibility index (Phi) is 4.61. The van der Waals surface area contributed by atoms with Crippen LogP contribution < -0.4 is 5.32 Å². The summed E-state index contributed by atoms with van der Waals surface area (Å²) < 4.78 is 13.5. The molecule has 0 aliphatic carbocycles. The van der Waals surface area contributed by atoms with Crippen molar-refractivity contribution in [1.82, 2.24) is 5.32 Å². The van der Waals surface area contributed by atoms with Crippen LogP contribution in [0.1, 0.15) is 31.0 Å². The Hall–Kier alpha value is -0.540. The summed E-state index contributed by atoms with van der Waals surface area (Å²) in [6.45, 7) is 6.81. The summed E-state index contributed by atoms with van der Waals surface area (Å²) in [6, 6.07) is 3.77. The van der Waals surface area contributed by atoms with E-state index in [1.165, 1.54) is 0 Å². The molecule has 3 heteroatoms. The van der Waals surface area contributed by atoms with Gasteiger partial charge in [-0.25, -0.2) is 4.39 Å². The molecule has 1 nitrogen and oxygen atoms in total. The lowest BCUT2D eigenvalue weighted by molar-refractivity contribution is 0.571. The van der Waals surface area contributed by atoms with Crippen LogP contribution in [0.25, 0.3) is 0 Å². The van der Waals surface area contributed by atoms with E-state index in [1.54, 1.807) is 24.8 Å². The highest BCUT2D eigenvalue weighted by molar-refractivity contribution is 7.98. The van der Waals surface area contributed by atoms with E-state index in [0.29, 0.717) is 5.56 Å². The van der Waals surface area contributed by atoms with Crippen molar-refractivity contribution in [2.45, 2.75) is 31.7 Å². The molecular formula is C12H18FNS. The summed E-state index contributed by atoms with van der Waals surface area (Å²) in [5.74, 6) is -0.118. The van der Waals surface area contributed by atoms with Crippen molar-refractivity contribution in [3.8, 4) is 0 Å². The third-order valence-corrected chi connectivity index (χ3v) is 3.28. The normalized spacial score (nSPS) is 12.9. The molecule has 1 atom stereocenters. The molecule has 0 bridgehead atoms. The molecule has 0 heterocycles. The maximum atomic E-state index is 13.5. The minimum Gasteiger partial charge on any atom is -0.310 e. The van der Waals surface area contributed by atoms with Gasteiger partial charge in [-0.3, -0.25) is 0 Å². The molecule has 1 unspecified atom stereocenters. The van der Waals surface area contributed by atoms with Crippen molar-refractivity contribution < 1.29 is 4.39 Å². The zero-order valence-corrected chi connectivity index (χ0v) is 10.5. The predicted molar refractivity (Wildman–Crippen MR) is 65.0 cm³/mol. The van der Waals surface area contributed by atoms with Gasteiger partial charge in [-0.15, -0.1) is 11.8 Å². The van der Waals surface area contributed by atoms with Crippen LogP contribution in [0.5, 0.6) is 0 Å². The molecule has 0 radical (unpaired) electrons. The fourth-order valence-corrected chi connectivity index (χ4v) is 2.37. The Morgan fingerprint density at radius 3 is 2.67 bits per heavy atom. The van der Waals surface area contributed by atoms with Crippen molar-refractivity contribution in [1.29, 1.82) is 0 Å². The molecule has 84 valence electrons. The van der Waals surface area contributed by atoms with E-state index in [4.69, 9.17) is 0 Å². The third-order valence-electron chi connectivity index (χ3n) is 2.49. The van der Waals surface area contributed by atoms with E-state index < -0.39 is 0 Å². The molecule has 1 aromatic rings. The zero-order valence-electron chi connectivity index (χ0n) is 9.73. The van der Waals surface area contributed by atoms with Crippen LogP contribution in [0.3, 0.4) is 0 Å². The molecule has 0 saturated carbocycles. The first-order chi connectivity index (χ1) is 7.10. The van der Waals surface area contributed by atoms with Crippen molar-refractivity contribution in [2.24, 2.45) is 0 Å². The van der Waals surface area contributed by atoms with E-state index in [2.05, 4.69) is 19.2 Å². The Morgan fingerprint density at radius 1 is 1.47 bits per heavy atom. The number of hydrogen-bond donors (Lipinski definition) is 1. The molecular weight excluding hydrogens is 209 g/mol. The first-order valence-electron chi connectivity index (χ1n) is 5.17. The quantitative estimate of drug-likeness (QED) is 0.790. The van der Waals surface area contributed by atoms with Crippen LogP contribution in [-0.4, -0.2) is 12.8 Å². The summed E-state index contributed by atoms with van der Waals surface area (Å²) in [5, 5.41) is 3.30. The molecule has 1 N–H and O–H groups in total. The number of nitrogens with one attached hydrogen (secondary N) is 1. The average molecular weight is 227 g/mol. The lowest BCUT2D eigenvalue weighted by Gasteiger charge is -2.17. The van der Waals surface area contributed by atoms with Crippen LogP contribution in [0.2, 0.25) is 0 Å². The standard InChI is InChI=1S/C12H18FNS/c1-5-14-9(3)10-7-11(13)8(2)6-12(10)15-4/h6-7,9,14H,5H2,1-4H3. The third kappa shape index (κ3) is 2.95. The molecule has 0 amide bonds. The van der Waals surface area contributed by atoms with Crippen LogP contribution in [0, 0.1) is 12.7 Å². The van der Waals surface area contributed by atoms with Gasteiger partial charge in [0, 0.05) is 10.9 Å². The summed E-state index contributed by atoms with van der Waals surface area (Å²) in [6.07, 6.45) is 2.02. The SMILES string of the molecule is CCNC(C)c1cc(F)c(C)cc1SC. The van der Waals surface area contributed by atoms with Crippen LogP contribution in [0.15, 0.2) is 17.0 Å². The fraction of sp³-hybridized carbons (Fsp3) is 0.500. The Labute approximate surface area is 95.5 Å². The Bertz CT molecular complexity index is 339. The first kappa shape index (κ1) is 12.5. The Morgan fingerprint density at radius 2 is 2.13 bits per heavy atom. The van der Waals surface area contributed by atoms with Gasteiger partial charge in [0.2, 0.25) is 0 Å². The van der Waals surface area contributed by atoms with Crippen molar-refractivity contribution in [2.75, 3.05) is 12.8 Å². The molecule has 0 aromatic heterocycles. The van der Waals surface area contributed by atoms with Crippen molar-refractivity contribution in [3.05, 3.63) is 29.1 Å². The van der Waals surface area contributed by atoms with Gasteiger partial charge in [-0.1, -0.05) is 6.92 Å². The number of aryl methyl sites for hydroxylation is 1. The second kappa shape index (κ2) is 5.52. The van der Waals surface area contributed by atoms with Crippen molar-refractivity contribution >= 4 is 11.8 Å². The summed E-state index contributed by atoms with van der Waals surface area (Å²) in [7, 11) is 0. The minimum absolute atomic E-state index is 0.118. The largest absolute Gasteiger partial charge is 0.310 e. The van der Waals surface area contributed by atoms with E-state index in [0.717, 1.165) is 17.0 Å². The van der Waals surface area contributed by atoms with Crippen LogP contribution in [0.4, 0.5) is 4.39 Å². The number of halogens is 1. The van der Waals surface area contributed by atoms with Crippen LogP contribution in [-0.2, 0) is 0 Å². The zero-order chi connectivity index (χ0) is 11.4. The second-order valence-electron chi connectivity index (χ2n) is 3.62. The summed E-state index contributed by atoms with van der Waals surface area (Å²) in [5.41, 5.74) is 1.76. The van der Waals surface area contributed by atoms with Gasteiger partial charge in [-0.05, 0) is 49.9 Å². The lowest BCUT2D eigenvalue weighted by atomic mass is 10.1. The minimum atomic E-state index is -0.118. The smallest absolute Gasteiger partial charge is 0.126 e. The average Bonchev–Trinajstić information content (AvgIpc) is 2.21. The molecule has 1 aromatic carbocycles. The molecule has 0 fully saturated rings. The number of thioether (sulfide) groups is 1. The number of hydrogen-bond acceptors (Lipinski definition) is 2. The number of rotatable bonds is 4. The maximum Gasteiger partial charge on any atom is 0.126 e. The lowest BCUT2D eigenvalue weighted by Crippen LogP contribution is -2.18. The van der Waals surface area contributed by atoms with Gasteiger partial charge < -0.3 is 5.32 Å². The predicted octanol–water partition coefficient (Wildman–Crippen LogP) is 3.53. The molecule has 1 rings (SSSR count). The molecule has 0 aliphatic rings. The number of benzene rings is 1. The molecule has 0 aliphatic heterocycles. The van der Waals surface area contributed by atoms with Gasteiger partial charge in [0.15, 0.2) is 0 Å². The second-order valence-corrected chi connectivity index (χ2v) is 4.47. The van der Waals surface area contributed by atoms with E-state index in [9.17, 15) is 4.39 Å². The van der Waals surface area contributed by atoms with Crippen LogP contribution >= 0.6 is 11.8 Å². The summed E-state index contributed by atoms with van der Waals surface area (Å²) >= 11 is 1.67. The monoisotopic (exact) mass is 227 g/mol. The highest BCUT2D eigenvalue weighted by atomic mass is 32.2. The first-order valence-corrected chi connectivity index (χ1v) is 6.40. The fourth-order valence-electron chi connectivity index (χ4n) is 1.60. The van der Waals surface area contributed by atoms with Gasteiger partial charge >= 0.3 is 0 Å². The van der Waals surface area contributed by atoms with Gasteiger partial charge in [0.25, 0.3) is 0 Å². The summed E-state index contributed by atoms with van der Waals surface area (Å²) in [4.78, 5) is 1.15. The molecule has 0 spiro atoms. The Balaban J connectivity index is 3.09. The highest BCUT2D eigenvalue weighted by Crippen LogP contribution is 2.28. The molecule has 0 saturated heterocycles. The van der Waals surface area contributed by atoms with Gasteiger partial charge in [-0.2, -0.15) is 0 Å². The van der Waals surface area contributed by atoms with Crippen molar-refractivity contribution in [3.63, 3.8) is 0 Å².